The summed E-state index contributed by atoms with van der Waals surface area (Å²) in [6.07, 6.45) is 1.35. The molecule has 0 aromatic heterocycles. The number of carbonyl (C=O) groups excluding carboxylic acids is 1. The second-order valence-corrected chi connectivity index (χ2v) is 7.55. The molecular formula is C22H26F3N3O2. The number of amides is 1. The number of rotatable bonds is 6. The maximum Gasteiger partial charge on any atom is 0.238 e. The first kappa shape index (κ1) is 22.3. The molecule has 2 atom stereocenters. The molecule has 1 heterocycles. The van der Waals surface area contributed by atoms with Gasteiger partial charge in [0.1, 0.15) is 12.0 Å². The van der Waals surface area contributed by atoms with E-state index in [2.05, 4.69) is 0 Å². The first-order chi connectivity index (χ1) is 14.4. The van der Waals surface area contributed by atoms with Gasteiger partial charge in [-0.2, -0.15) is 5.01 Å². The molecule has 2 aromatic rings. The maximum absolute atomic E-state index is 13.9. The van der Waals surface area contributed by atoms with Crippen LogP contribution in [0.25, 0.3) is 0 Å². The van der Waals surface area contributed by atoms with Gasteiger partial charge in [-0.05, 0) is 36.5 Å². The van der Waals surface area contributed by atoms with Gasteiger partial charge in [-0.25, -0.2) is 13.2 Å². The molecule has 5 nitrogen and oxygen atoms in total. The van der Waals surface area contributed by atoms with Crippen LogP contribution in [0, 0.1) is 17.5 Å². The molecule has 0 saturated carbocycles. The van der Waals surface area contributed by atoms with Crippen LogP contribution in [0.3, 0.4) is 0 Å². The number of hydrogen-bond donors (Lipinski definition) is 2. The van der Waals surface area contributed by atoms with E-state index >= 15 is 0 Å². The molecule has 3 N–H and O–H groups in total. The normalized spacial score (nSPS) is 17.4. The lowest BCUT2D eigenvalue weighted by atomic mass is 10.0. The Balaban J connectivity index is 1.70. The minimum atomic E-state index is -1.27. The van der Waals surface area contributed by atoms with Crippen LogP contribution in [-0.2, 0) is 11.2 Å². The number of aliphatic hydroxyl groups excluding tert-OH is 1. The minimum absolute atomic E-state index is 0.0776. The number of hydrazine groups is 1. The molecular weight excluding hydrogens is 395 g/mol. The molecule has 0 unspecified atom stereocenters. The molecule has 30 heavy (non-hydrogen) atoms. The van der Waals surface area contributed by atoms with Crippen molar-refractivity contribution in [2.75, 3.05) is 13.1 Å². The van der Waals surface area contributed by atoms with E-state index in [0.717, 1.165) is 25.3 Å². The van der Waals surface area contributed by atoms with Crippen molar-refractivity contribution >= 4 is 5.91 Å². The molecule has 1 fully saturated rings. The number of halogens is 3. The Morgan fingerprint density at radius 1 is 1.00 bits per heavy atom. The molecule has 0 radical (unpaired) electrons. The summed E-state index contributed by atoms with van der Waals surface area (Å²) in [5.41, 5.74) is 6.62. The predicted octanol–water partition coefficient (Wildman–Crippen LogP) is 3.28. The predicted molar refractivity (Wildman–Crippen MR) is 106 cm³/mol. The third kappa shape index (κ3) is 5.38. The fourth-order valence-electron chi connectivity index (χ4n) is 3.69. The van der Waals surface area contributed by atoms with Gasteiger partial charge in [-0.15, -0.1) is 0 Å². The number of nitrogens with two attached hydrogens (primary N) is 1. The highest BCUT2D eigenvalue weighted by molar-refractivity contribution is 5.76. The second kappa shape index (κ2) is 10.1. The van der Waals surface area contributed by atoms with Crippen molar-refractivity contribution in [1.82, 2.24) is 10.0 Å². The van der Waals surface area contributed by atoms with Gasteiger partial charge in [0.25, 0.3) is 0 Å². The van der Waals surface area contributed by atoms with Crippen LogP contribution in [-0.4, -0.2) is 40.2 Å². The van der Waals surface area contributed by atoms with E-state index in [4.69, 9.17) is 5.73 Å². The van der Waals surface area contributed by atoms with Gasteiger partial charge in [0.15, 0.2) is 11.6 Å². The summed E-state index contributed by atoms with van der Waals surface area (Å²) in [4.78, 5) is 13.0. The zero-order valence-corrected chi connectivity index (χ0v) is 16.6. The molecule has 1 aliphatic heterocycles. The van der Waals surface area contributed by atoms with Crippen LogP contribution in [0.15, 0.2) is 42.5 Å². The van der Waals surface area contributed by atoms with Crippen LogP contribution in [0.5, 0.6) is 0 Å². The van der Waals surface area contributed by atoms with Crippen molar-refractivity contribution in [2.24, 2.45) is 5.73 Å². The molecule has 0 bridgehead atoms. The van der Waals surface area contributed by atoms with Gasteiger partial charge in [0.2, 0.25) is 5.91 Å². The van der Waals surface area contributed by atoms with Crippen molar-refractivity contribution in [3.05, 3.63) is 71.0 Å². The smallest absolute Gasteiger partial charge is 0.238 e. The fraction of sp³-hybridized carbons (Fsp3) is 0.409. The monoisotopic (exact) mass is 421 g/mol. The maximum atomic E-state index is 13.9. The standard InChI is InChI=1S/C22H26F3N3O2/c23-18-14-20(25)19(24)12-16(18)11-17(26)13-21(29)27-9-5-2-6-10-28(27)22(30)15-7-3-1-4-8-15/h1,3-4,7-8,12,14,17,22,30H,2,5-6,9-11,13,26H2/t17-,22+/m1/s1. The molecule has 1 aliphatic rings. The van der Waals surface area contributed by atoms with Gasteiger partial charge < -0.3 is 10.8 Å². The number of hydrogen-bond acceptors (Lipinski definition) is 4. The average molecular weight is 421 g/mol. The summed E-state index contributed by atoms with van der Waals surface area (Å²) in [5.74, 6) is -3.62. The summed E-state index contributed by atoms with van der Waals surface area (Å²) in [6.45, 7) is 0.948. The van der Waals surface area contributed by atoms with Crippen LogP contribution in [0.1, 0.15) is 43.0 Å². The van der Waals surface area contributed by atoms with E-state index in [0.29, 0.717) is 24.7 Å². The quantitative estimate of drug-likeness (QED) is 0.703. The van der Waals surface area contributed by atoms with Crippen LogP contribution >= 0.6 is 0 Å². The Labute approximate surface area is 173 Å². The van der Waals surface area contributed by atoms with Crippen molar-refractivity contribution in [1.29, 1.82) is 0 Å². The SMILES string of the molecule is N[C@@H](CC(=O)N1CCCCCN1[C@@H](O)c1ccccc1)Cc1cc(F)c(F)cc1F. The van der Waals surface area contributed by atoms with Crippen molar-refractivity contribution in [3.8, 4) is 0 Å². The summed E-state index contributed by atoms with van der Waals surface area (Å²) >= 11 is 0. The Bertz CT molecular complexity index is 866. The van der Waals surface area contributed by atoms with E-state index in [1.807, 2.05) is 18.2 Å². The Hall–Kier alpha value is -2.42. The highest BCUT2D eigenvalue weighted by atomic mass is 19.2. The van der Waals surface area contributed by atoms with E-state index < -0.39 is 29.7 Å². The topological polar surface area (TPSA) is 69.8 Å². The van der Waals surface area contributed by atoms with Crippen molar-refractivity contribution in [2.45, 2.75) is 44.4 Å². The van der Waals surface area contributed by atoms with Crippen molar-refractivity contribution < 1.29 is 23.1 Å². The van der Waals surface area contributed by atoms with Crippen LogP contribution in [0.2, 0.25) is 0 Å². The summed E-state index contributed by atoms with van der Waals surface area (Å²) in [5, 5.41) is 14.0. The number of carbonyl (C=O) groups is 1. The Morgan fingerprint density at radius 3 is 2.40 bits per heavy atom. The number of benzene rings is 2. The minimum Gasteiger partial charge on any atom is -0.372 e. The Kier molecular flexibility index (Phi) is 7.47. The van der Waals surface area contributed by atoms with Crippen LogP contribution < -0.4 is 5.73 Å². The molecule has 0 aliphatic carbocycles. The Morgan fingerprint density at radius 2 is 1.67 bits per heavy atom. The second-order valence-electron chi connectivity index (χ2n) is 7.55. The van der Waals surface area contributed by atoms with Gasteiger partial charge in [0.05, 0.1) is 0 Å². The number of aliphatic hydroxyl groups is 1. The highest BCUT2D eigenvalue weighted by Gasteiger charge is 2.30. The largest absolute Gasteiger partial charge is 0.372 e. The third-order valence-electron chi connectivity index (χ3n) is 5.24. The lowest BCUT2D eigenvalue weighted by molar-refractivity contribution is -0.173. The fourth-order valence-corrected chi connectivity index (χ4v) is 3.69. The van der Waals surface area contributed by atoms with Gasteiger partial charge in [-0.1, -0.05) is 36.8 Å². The van der Waals surface area contributed by atoms with Crippen molar-refractivity contribution in [3.63, 3.8) is 0 Å². The molecule has 0 spiro atoms. The van der Waals surface area contributed by atoms with E-state index in [1.165, 1.54) is 5.01 Å². The van der Waals surface area contributed by atoms with E-state index in [9.17, 15) is 23.1 Å². The average Bonchev–Trinajstić information content (AvgIpc) is 2.98. The molecule has 3 rings (SSSR count). The lowest BCUT2D eigenvalue weighted by Gasteiger charge is -2.37. The molecule has 1 amide bonds. The molecule has 1 saturated heterocycles. The van der Waals surface area contributed by atoms with Gasteiger partial charge in [0, 0.05) is 31.6 Å². The first-order valence-electron chi connectivity index (χ1n) is 10.1. The zero-order valence-electron chi connectivity index (χ0n) is 16.6. The van der Waals surface area contributed by atoms with Gasteiger partial charge in [-0.3, -0.25) is 9.80 Å². The highest BCUT2D eigenvalue weighted by Crippen LogP contribution is 2.24. The van der Waals surface area contributed by atoms with E-state index in [-0.39, 0.29) is 24.3 Å². The zero-order chi connectivity index (χ0) is 21.7. The summed E-state index contributed by atoms with van der Waals surface area (Å²) < 4.78 is 40.4. The van der Waals surface area contributed by atoms with E-state index in [1.54, 1.807) is 17.1 Å². The van der Waals surface area contributed by atoms with Crippen LogP contribution in [0.4, 0.5) is 13.2 Å². The summed E-state index contributed by atoms with van der Waals surface area (Å²) in [6, 6.07) is 9.52. The number of nitrogens with zero attached hydrogens (tertiary/aromatic N) is 2. The molecule has 2 aromatic carbocycles. The molecule has 162 valence electrons. The third-order valence-corrected chi connectivity index (χ3v) is 5.24. The first-order valence-corrected chi connectivity index (χ1v) is 10.1. The lowest BCUT2D eigenvalue weighted by Crippen LogP contribution is -2.49. The summed E-state index contributed by atoms with van der Waals surface area (Å²) in [7, 11) is 0. The van der Waals surface area contributed by atoms with Gasteiger partial charge >= 0.3 is 0 Å². The molecule has 8 heteroatoms.